The van der Waals surface area contributed by atoms with Crippen LogP contribution in [0.2, 0.25) is 0 Å². The summed E-state index contributed by atoms with van der Waals surface area (Å²) in [5, 5.41) is 0. The first-order chi connectivity index (χ1) is 9.74. The van der Waals surface area contributed by atoms with Gasteiger partial charge in [0.15, 0.2) is 0 Å². The molecule has 0 bridgehead atoms. The normalized spacial score (nSPS) is 29.6. The Morgan fingerprint density at radius 1 is 1.00 bits per heavy atom. The van der Waals surface area contributed by atoms with Gasteiger partial charge in [-0.25, -0.2) is 0 Å². The average molecular weight is 279 g/mol. The highest BCUT2D eigenvalue weighted by Gasteiger charge is 2.37. The lowest BCUT2D eigenvalue weighted by Crippen LogP contribution is -2.48. The highest BCUT2D eigenvalue weighted by atomic mass is 16.2. The maximum absolute atomic E-state index is 12.4. The summed E-state index contributed by atoms with van der Waals surface area (Å²) >= 11 is 0. The van der Waals surface area contributed by atoms with Gasteiger partial charge in [-0.2, -0.15) is 0 Å². The van der Waals surface area contributed by atoms with E-state index in [0.29, 0.717) is 17.9 Å². The third-order valence-corrected chi connectivity index (χ3v) is 5.21. The number of carbonyl (C=O) groups is 1. The van der Waals surface area contributed by atoms with Gasteiger partial charge in [-0.3, -0.25) is 4.79 Å². The number of nitrogens with zero attached hydrogens (tertiary/aromatic N) is 3. The van der Waals surface area contributed by atoms with E-state index >= 15 is 0 Å². The van der Waals surface area contributed by atoms with E-state index in [2.05, 4.69) is 21.7 Å². The Balaban J connectivity index is 1.48. The molecular weight excluding hydrogens is 250 g/mol. The van der Waals surface area contributed by atoms with Crippen molar-refractivity contribution >= 4 is 5.91 Å². The van der Waals surface area contributed by atoms with E-state index in [1.165, 1.54) is 58.4 Å². The molecule has 3 rings (SSSR count). The van der Waals surface area contributed by atoms with Crippen LogP contribution in [0.25, 0.3) is 0 Å². The summed E-state index contributed by atoms with van der Waals surface area (Å²) in [6.07, 6.45) is 7.21. The molecule has 0 unspecified atom stereocenters. The van der Waals surface area contributed by atoms with Gasteiger partial charge >= 0.3 is 0 Å². The van der Waals surface area contributed by atoms with Crippen molar-refractivity contribution in [2.45, 2.75) is 44.6 Å². The second-order valence-corrected chi connectivity index (χ2v) is 6.89. The second-order valence-electron chi connectivity index (χ2n) is 6.89. The number of rotatable bonds is 4. The number of likely N-dealkylation sites (N-methyl/N-ethyl adjacent to an activating group) is 1. The summed E-state index contributed by atoms with van der Waals surface area (Å²) in [4.78, 5) is 19.6. The van der Waals surface area contributed by atoms with Crippen LogP contribution in [-0.4, -0.2) is 73.0 Å². The molecule has 3 fully saturated rings. The van der Waals surface area contributed by atoms with Gasteiger partial charge in [0.05, 0.1) is 0 Å². The van der Waals surface area contributed by atoms with E-state index in [1.54, 1.807) is 0 Å². The molecular formula is C16H29N3O. The van der Waals surface area contributed by atoms with Crippen LogP contribution in [0.1, 0.15) is 38.5 Å². The fraction of sp³-hybridized carbons (Fsp3) is 0.938. The molecule has 1 atom stereocenters. The van der Waals surface area contributed by atoms with Crippen LogP contribution < -0.4 is 0 Å². The van der Waals surface area contributed by atoms with E-state index in [4.69, 9.17) is 0 Å². The molecule has 1 saturated carbocycles. The van der Waals surface area contributed by atoms with Gasteiger partial charge in [-0.05, 0) is 45.6 Å². The average Bonchev–Trinajstić information content (AvgIpc) is 3.31. The van der Waals surface area contributed by atoms with Crippen molar-refractivity contribution in [3.8, 4) is 0 Å². The van der Waals surface area contributed by atoms with Gasteiger partial charge in [0.25, 0.3) is 0 Å². The van der Waals surface area contributed by atoms with Crippen molar-refractivity contribution in [3.63, 3.8) is 0 Å². The van der Waals surface area contributed by atoms with E-state index in [0.717, 1.165) is 19.4 Å². The Morgan fingerprint density at radius 3 is 2.45 bits per heavy atom. The molecule has 3 aliphatic rings. The van der Waals surface area contributed by atoms with Crippen LogP contribution in [0.4, 0.5) is 0 Å². The standard InChI is InChI=1S/C16H29N3O/c1-17-10-12-18(13-11-17)9-7-15-4-2-3-8-19(15)16(20)14-5-6-14/h14-15H,2-13H2,1H3/t15-/m0/s1. The Kier molecular flexibility index (Phi) is 4.61. The highest BCUT2D eigenvalue weighted by molar-refractivity contribution is 5.81. The summed E-state index contributed by atoms with van der Waals surface area (Å²) in [5.41, 5.74) is 0. The van der Waals surface area contributed by atoms with Crippen molar-refractivity contribution in [2.24, 2.45) is 5.92 Å². The summed E-state index contributed by atoms with van der Waals surface area (Å²) in [5.74, 6) is 0.854. The molecule has 1 aliphatic carbocycles. The molecule has 114 valence electrons. The van der Waals surface area contributed by atoms with Crippen LogP contribution in [0.5, 0.6) is 0 Å². The fourth-order valence-corrected chi connectivity index (χ4v) is 3.56. The molecule has 0 aromatic heterocycles. The molecule has 0 radical (unpaired) electrons. The van der Waals surface area contributed by atoms with Crippen molar-refractivity contribution in [2.75, 3.05) is 46.3 Å². The first-order valence-corrected chi connectivity index (χ1v) is 8.45. The largest absolute Gasteiger partial charge is 0.339 e. The van der Waals surface area contributed by atoms with Crippen LogP contribution in [-0.2, 0) is 4.79 Å². The van der Waals surface area contributed by atoms with Crippen LogP contribution in [0.3, 0.4) is 0 Å². The Morgan fingerprint density at radius 2 is 1.75 bits per heavy atom. The molecule has 4 nitrogen and oxygen atoms in total. The maximum Gasteiger partial charge on any atom is 0.225 e. The number of amides is 1. The molecule has 1 amide bonds. The van der Waals surface area contributed by atoms with Crippen LogP contribution in [0.15, 0.2) is 0 Å². The number of piperazine rings is 1. The third kappa shape index (κ3) is 3.53. The van der Waals surface area contributed by atoms with E-state index in [-0.39, 0.29) is 0 Å². The molecule has 0 spiro atoms. The molecule has 2 heterocycles. The zero-order valence-corrected chi connectivity index (χ0v) is 12.9. The van der Waals surface area contributed by atoms with Crippen LogP contribution >= 0.6 is 0 Å². The zero-order valence-electron chi connectivity index (χ0n) is 12.9. The minimum Gasteiger partial charge on any atom is -0.339 e. The predicted octanol–water partition coefficient (Wildman–Crippen LogP) is 1.41. The Hall–Kier alpha value is -0.610. The van der Waals surface area contributed by atoms with Crippen LogP contribution in [0, 0.1) is 5.92 Å². The molecule has 2 saturated heterocycles. The van der Waals surface area contributed by atoms with Gasteiger partial charge in [-0.15, -0.1) is 0 Å². The summed E-state index contributed by atoms with van der Waals surface area (Å²) in [6.45, 7) is 6.96. The number of carbonyl (C=O) groups excluding carboxylic acids is 1. The summed E-state index contributed by atoms with van der Waals surface area (Å²) in [6, 6.07) is 0.525. The number of hydrogen-bond acceptors (Lipinski definition) is 3. The quantitative estimate of drug-likeness (QED) is 0.778. The Bertz CT molecular complexity index is 335. The smallest absolute Gasteiger partial charge is 0.225 e. The molecule has 0 aromatic rings. The fourth-order valence-electron chi connectivity index (χ4n) is 3.56. The van der Waals surface area contributed by atoms with Gasteiger partial charge in [0.2, 0.25) is 5.91 Å². The molecule has 20 heavy (non-hydrogen) atoms. The highest BCUT2D eigenvalue weighted by Crippen LogP contribution is 2.33. The lowest BCUT2D eigenvalue weighted by molar-refractivity contribution is -0.136. The lowest BCUT2D eigenvalue weighted by atomic mass is 9.98. The van der Waals surface area contributed by atoms with Gasteiger partial charge in [-0.1, -0.05) is 0 Å². The van der Waals surface area contributed by atoms with Crippen molar-refractivity contribution in [1.82, 2.24) is 14.7 Å². The molecule has 0 aromatic carbocycles. The molecule has 2 aliphatic heterocycles. The van der Waals surface area contributed by atoms with Gasteiger partial charge in [0, 0.05) is 51.2 Å². The topological polar surface area (TPSA) is 26.8 Å². The minimum absolute atomic E-state index is 0.388. The molecule has 4 heteroatoms. The van der Waals surface area contributed by atoms with E-state index < -0.39 is 0 Å². The second kappa shape index (κ2) is 6.44. The van der Waals surface area contributed by atoms with E-state index in [1.807, 2.05) is 0 Å². The van der Waals surface area contributed by atoms with Crippen molar-refractivity contribution in [1.29, 1.82) is 0 Å². The number of hydrogen-bond donors (Lipinski definition) is 0. The third-order valence-electron chi connectivity index (χ3n) is 5.21. The number of likely N-dealkylation sites (tertiary alicyclic amines) is 1. The first-order valence-electron chi connectivity index (χ1n) is 8.45. The van der Waals surface area contributed by atoms with Gasteiger partial charge in [0.1, 0.15) is 0 Å². The zero-order chi connectivity index (χ0) is 13.9. The summed E-state index contributed by atoms with van der Waals surface area (Å²) in [7, 11) is 2.20. The lowest BCUT2D eigenvalue weighted by Gasteiger charge is -2.38. The first kappa shape index (κ1) is 14.3. The predicted molar refractivity (Wildman–Crippen MR) is 80.6 cm³/mol. The number of piperidine rings is 1. The van der Waals surface area contributed by atoms with Gasteiger partial charge < -0.3 is 14.7 Å². The maximum atomic E-state index is 12.4. The van der Waals surface area contributed by atoms with E-state index in [9.17, 15) is 4.79 Å². The summed E-state index contributed by atoms with van der Waals surface area (Å²) < 4.78 is 0. The Labute approximate surface area is 123 Å². The van der Waals surface area contributed by atoms with Crippen molar-refractivity contribution < 1.29 is 4.79 Å². The SMILES string of the molecule is CN1CCN(CC[C@@H]2CCCCN2C(=O)C2CC2)CC1. The monoisotopic (exact) mass is 279 g/mol. The van der Waals surface area contributed by atoms with Crippen molar-refractivity contribution in [3.05, 3.63) is 0 Å². The minimum atomic E-state index is 0.388. The molecule has 0 N–H and O–H groups in total.